The van der Waals surface area contributed by atoms with Crippen molar-refractivity contribution >= 4 is 15.7 Å². The highest BCUT2D eigenvalue weighted by Gasteiger charge is 2.34. The Kier molecular flexibility index (Phi) is 3.89. The molecule has 0 aromatic heterocycles. The quantitative estimate of drug-likeness (QED) is 0.831. The van der Waals surface area contributed by atoms with Gasteiger partial charge in [-0.1, -0.05) is 0 Å². The number of sulfonamides is 1. The number of ether oxygens (including phenoxy) is 1. The van der Waals surface area contributed by atoms with Crippen LogP contribution in [-0.4, -0.2) is 39.0 Å². The number of benzene rings is 1. The maximum Gasteiger partial charge on any atom is 0.243 e. The van der Waals surface area contributed by atoms with Gasteiger partial charge in [-0.2, -0.15) is 4.31 Å². The molecule has 1 saturated heterocycles. The SMILES string of the molecule is COCC1CCCN1S(=O)(=O)c1ccc(N)cc1. The first-order valence-corrected chi connectivity index (χ1v) is 7.36. The van der Waals surface area contributed by atoms with Crippen molar-refractivity contribution in [1.29, 1.82) is 0 Å². The summed E-state index contributed by atoms with van der Waals surface area (Å²) in [6.07, 6.45) is 1.73. The fourth-order valence-electron chi connectivity index (χ4n) is 2.26. The predicted octanol–water partition coefficient (Wildman–Crippen LogP) is 1.07. The molecule has 1 unspecified atom stereocenters. The van der Waals surface area contributed by atoms with E-state index in [0.29, 0.717) is 23.7 Å². The number of hydrogen-bond acceptors (Lipinski definition) is 4. The molecule has 0 aliphatic carbocycles. The van der Waals surface area contributed by atoms with E-state index >= 15 is 0 Å². The molecule has 0 amide bonds. The summed E-state index contributed by atoms with van der Waals surface area (Å²) in [5.41, 5.74) is 6.13. The molecule has 1 heterocycles. The summed E-state index contributed by atoms with van der Waals surface area (Å²) in [5.74, 6) is 0. The minimum atomic E-state index is -3.43. The van der Waals surface area contributed by atoms with Crippen LogP contribution in [0.4, 0.5) is 5.69 Å². The summed E-state index contributed by atoms with van der Waals surface area (Å²) in [4.78, 5) is 0.291. The van der Waals surface area contributed by atoms with Crippen LogP contribution >= 0.6 is 0 Å². The van der Waals surface area contributed by atoms with E-state index in [1.807, 2.05) is 0 Å². The summed E-state index contributed by atoms with van der Waals surface area (Å²) in [7, 11) is -1.84. The Morgan fingerprint density at radius 3 is 2.67 bits per heavy atom. The van der Waals surface area contributed by atoms with Gasteiger partial charge in [-0.3, -0.25) is 0 Å². The lowest BCUT2D eigenvalue weighted by molar-refractivity contribution is 0.149. The Bertz CT molecular complexity index is 499. The highest BCUT2D eigenvalue weighted by atomic mass is 32.2. The zero-order valence-corrected chi connectivity index (χ0v) is 11.2. The van der Waals surface area contributed by atoms with Crippen LogP contribution in [0.2, 0.25) is 0 Å². The molecule has 0 saturated carbocycles. The number of nitrogens with zero attached hydrogens (tertiary/aromatic N) is 1. The molecule has 0 bridgehead atoms. The Labute approximate surface area is 108 Å². The topological polar surface area (TPSA) is 72.6 Å². The van der Waals surface area contributed by atoms with Crippen LogP contribution in [0.5, 0.6) is 0 Å². The third-order valence-corrected chi connectivity index (χ3v) is 5.13. The first kappa shape index (κ1) is 13.3. The van der Waals surface area contributed by atoms with Crippen molar-refractivity contribution in [2.75, 3.05) is 26.0 Å². The van der Waals surface area contributed by atoms with Crippen LogP contribution in [-0.2, 0) is 14.8 Å². The van der Waals surface area contributed by atoms with Crippen LogP contribution in [0.3, 0.4) is 0 Å². The second kappa shape index (κ2) is 5.26. The van der Waals surface area contributed by atoms with Crippen molar-refractivity contribution in [3.05, 3.63) is 24.3 Å². The van der Waals surface area contributed by atoms with Crippen LogP contribution in [0.25, 0.3) is 0 Å². The molecule has 1 fully saturated rings. The Morgan fingerprint density at radius 1 is 1.39 bits per heavy atom. The molecule has 1 atom stereocenters. The number of nitrogens with two attached hydrogens (primary N) is 1. The van der Waals surface area contributed by atoms with E-state index in [1.54, 1.807) is 31.4 Å². The normalized spacial score (nSPS) is 21.3. The lowest BCUT2D eigenvalue weighted by Crippen LogP contribution is -2.38. The molecule has 1 aromatic carbocycles. The summed E-state index contributed by atoms with van der Waals surface area (Å²) >= 11 is 0. The molecular weight excluding hydrogens is 252 g/mol. The fourth-order valence-corrected chi connectivity index (χ4v) is 3.94. The molecule has 1 aliphatic heterocycles. The van der Waals surface area contributed by atoms with Gasteiger partial charge in [-0.25, -0.2) is 8.42 Å². The third kappa shape index (κ3) is 2.50. The minimum Gasteiger partial charge on any atom is -0.399 e. The molecule has 1 aliphatic rings. The molecule has 2 N–H and O–H groups in total. The number of nitrogen functional groups attached to an aromatic ring is 1. The van der Waals surface area contributed by atoms with Gasteiger partial charge in [0, 0.05) is 25.4 Å². The molecule has 6 heteroatoms. The average Bonchev–Trinajstić information content (AvgIpc) is 2.79. The monoisotopic (exact) mass is 270 g/mol. The molecule has 0 radical (unpaired) electrons. The molecule has 100 valence electrons. The summed E-state index contributed by atoms with van der Waals surface area (Å²) in [6, 6.07) is 6.25. The van der Waals surface area contributed by atoms with Crippen molar-refractivity contribution < 1.29 is 13.2 Å². The van der Waals surface area contributed by atoms with Crippen LogP contribution < -0.4 is 5.73 Å². The molecule has 2 rings (SSSR count). The molecule has 5 nitrogen and oxygen atoms in total. The molecule has 0 spiro atoms. The maximum atomic E-state index is 12.5. The Morgan fingerprint density at radius 2 is 2.06 bits per heavy atom. The van der Waals surface area contributed by atoms with Gasteiger partial charge in [0.2, 0.25) is 10.0 Å². The van der Waals surface area contributed by atoms with E-state index in [4.69, 9.17) is 10.5 Å². The fraction of sp³-hybridized carbons (Fsp3) is 0.500. The lowest BCUT2D eigenvalue weighted by atomic mass is 10.2. The Balaban J connectivity index is 2.27. The van der Waals surface area contributed by atoms with Gasteiger partial charge >= 0.3 is 0 Å². The number of rotatable bonds is 4. The maximum absolute atomic E-state index is 12.5. The summed E-state index contributed by atoms with van der Waals surface area (Å²) in [5, 5.41) is 0. The zero-order chi connectivity index (χ0) is 13.2. The molecular formula is C12H18N2O3S. The first-order valence-electron chi connectivity index (χ1n) is 5.92. The van der Waals surface area contributed by atoms with Crippen molar-refractivity contribution in [3.8, 4) is 0 Å². The number of hydrogen-bond donors (Lipinski definition) is 1. The molecule has 18 heavy (non-hydrogen) atoms. The van der Waals surface area contributed by atoms with Gasteiger partial charge < -0.3 is 10.5 Å². The Hall–Kier alpha value is -1.11. The standard InChI is InChI=1S/C12H18N2O3S/c1-17-9-11-3-2-8-14(11)18(15,16)12-6-4-10(13)5-7-12/h4-7,11H,2-3,8-9,13H2,1H3. The minimum absolute atomic E-state index is 0.0578. The van der Waals surface area contributed by atoms with E-state index in [1.165, 1.54) is 4.31 Å². The van der Waals surface area contributed by atoms with Crippen molar-refractivity contribution in [2.24, 2.45) is 0 Å². The van der Waals surface area contributed by atoms with E-state index in [9.17, 15) is 8.42 Å². The average molecular weight is 270 g/mol. The third-order valence-electron chi connectivity index (χ3n) is 3.17. The number of methoxy groups -OCH3 is 1. The van der Waals surface area contributed by atoms with Crippen LogP contribution in [0, 0.1) is 0 Å². The largest absolute Gasteiger partial charge is 0.399 e. The van der Waals surface area contributed by atoms with Gasteiger partial charge in [0.1, 0.15) is 0 Å². The van der Waals surface area contributed by atoms with Gasteiger partial charge in [0.05, 0.1) is 11.5 Å². The van der Waals surface area contributed by atoms with Gasteiger partial charge in [-0.15, -0.1) is 0 Å². The van der Waals surface area contributed by atoms with E-state index < -0.39 is 10.0 Å². The first-order chi connectivity index (χ1) is 8.55. The van der Waals surface area contributed by atoms with Gasteiger partial charge in [-0.05, 0) is 37.1 Å². The van der Waals surface area contributed by atoms with Gasteiger partial charge in [0.15, 0.2) is 0 Å². The summed E-state index contributed by atoms with van der Waals surface area (Å²) in [6.45, 7) is 0.995. The van der Waals surface area contributed by atoms with E-state index in [0.717, 1.165) is 12.8 Å². The van der Waals surface area contributed by atoms with Gasteiger partial charge in [0.25, 0.3) is 0 Å². The van der Waals surface area contributed by atoms with E-state index in [2.05, 4.69) is 0 Å². The highest BCUT2D eigenvalue weighted by Crippen LogP contribution is 2.26. The highest BCUT2D eigenvalue weighted by molar-refractivity contribution is 7.89. The second-order valence-corrected chi connectivity index (χ2v) is 6.33. The number of anilines is 1. The zero-order valence-electron chi connectivity index (χ0n) is 10.4. The lowest BCUT2D eigenvalue weighted by Gasteiger charge is -2.23. The smallest absolute Gasteiger partial charge is 0.243 e. The summed E-state index contributed by atoms with van der Waals surface area (Å²) < 4.78 is 31.5. The van der Waals surface area contributed by atoms with Crippen molar-refractivity contribution in [1.82, 2.24) is 4.31 Å². The van der Waals surface area contributed by atoms with Crippen LogP contribution in [0.1, 0.15) is 12.8 Å². The van der Waals surface area contributed by atoms with Crippen LogP contribution in [0.15, 0.2) is 29.2 Å². The second-order valence-electron chi connectivity index (χ2n) is 4.44. The molecule has 1 aromatic rings. The predicted molar refractivity (Wildman–Crippen MR) is 69.6 cm³/mol. The van der Waals surface area contributed by atoms with Crippen molar-refractivity contribution in [3.63, 3.8) is 0 Å². The van der Waals surface area contributed by atoms with Crippen molar-refractivity contribution in [2.45, 2.75) is 23.8 Å². The van der Waals surface area contributed by atoms with E-state index in [-0.39, 0.29) is 6.04 Å².